The van der Waals surface area contributed by atoms with Gasteiger partial charge < -0.3 is 15.1 Å². The third-order valence-electron chi connectivity index (χ3n) is 5.16. The summed E-state index contributed by atoms with van der Waals surface area (Å²) in [5.41, 5.74) is 0.933. The van der Waals surface area contributed by atoms with Crippen molar-refractivity contribution in [3.63, 3.8) is 0 Å². The summed E-state index contributed by atoms with van der Waals surface area (Å²) in [7, 11) is 2.24. The van der Waals surface area contributed by atoms with Gasteiger partial charge in [0.15, 0.2) is 5.96 Å². The third-order valence-corrected chi connectivity index (χ3v) is 6.11. The number of thiophene rings is 1. The molecule has 28 heavy (non-hydrogen) atoms. The van der Waals surface area contributed by atoms with Gasteiger partial charge in [0, 0.05) is 24.0 Å². The van der Waals surface area contributed by atoms with Gasteiger partial charge in [-0.05, 0) is 64.6 Å². The average Bonchev–Trinajstić information content (AvgIpc) is 3.28. The second-order valence-electron chi connectivity index (χ2n) is 7.17. The fourth-order valence-electron chi connectivity index (χ4n) is 3.71. The number of aromatic nitrogens is 1. The van der Waals surface area contributed by atoms with Crippen LogP contribution in [0.1, 0.15) is 48.0 Å². The second kappa shape index (κ2) is 11.2. The maximum atomic E-state index is 5.64. The first-order valence-electron chi connectivity index (χ1n) is 9.77. The van der Waals surface area contributed by atoms with Gasteiger partial charge >= 0.3 is 0 Å². The van der Waals surface area contributed by atoms with Crippen LogP contribution >= 0.6 is 35.3 Å². The summed E-state index contributed by atoms with van der Waals surface area (Å²) < 4.78 is 5.64. The van der Waals surface area contributed by atoms with Crippen LogP contribution in [-0.2, 0) is 6.54 Å². The molecule has 0 radical (unpaired) electrons. The van der Waals surface area contributed by atoms with Crippen LogP contribution < -0.4 is 10.6 Å². The Morgan fingerprint density at radius 2 is 2.21 bits per heavy atom. The fraction of sp³-hybridized carbons (Fsp3) is 0.600. The molecule has 2 N–H and O–H groups in total. The Hall–Kier alpha value is -1.13. The van der Waals surface area contributed by atoms with Crippen molar-refractivity contribution in [2.24, 2.45) is 10.9 Å². The lowest BCUT2D eigenvalue weighted by molar-refractivity contribution is 0.125. The van der Waals surface area contributed by atoms with Gasteiger partial charge in [-0.15, -0.1) is 35.3 Å². The molecule has 0 spiro atoms. The molecule has 1 saturated heterocycles. The van der Waals surface area contributed by atoms with Crippen LogP contribution in [0.4, 0.5) is 0 Å². The summed E-state index contributed by atoms with van der Waals surface area (Å²) >= 11 is 1.86. The second-order valence-corrected chi connectivity index (χ2v) is 8.15. The van der Waals surface area contributed by atoms with Crippen LogP contribution in [0.15, 0.2) is 26.9 Å². The summed E-state index contributed by atoms with van der Waals surface area (Å²) in [5, 5.41) is 9.05. The van der Waals surface area contributed by atoms with Gasteiger partial charge in [-0.2, -0.15) is 0 Å². The van der Waals surface area contributed by atoms with Crippen LogP contribution in [-0.4, -0.2) is 42.5 Å². The van der Waals surface area contributed by atoms with E-state index in [0.29, 0.717) is 24.4 Å². The average molecular weight is 517 g/mol. The zero-order valence-electron chi connectivity index (χ0n) is 17.2. The number of guanidine groups is 1. The molecule has 6 nitrogen and oxygen atoms in total. The summed E-state index contributed by atoms with van der Waals surface area (Å²) in [6.07, 6.45) is 2.48. The van der Waals surface area contributed by atoms with E-state index < -0.39 is 0 Å². The van der Waals surface area contributed by atoms with Gasteiger partial charge in [0.05, 0.1) is 5.69 Å². The Morgan fingerprint density at radius 3 is 2.86 bits per heavy atom. The predicted octanol–water partition coefficient (Wildman–Crippen LogP) is 4.11. The van der Waals surface area contributed by atoms with Crippen LogP contribution in [0.25, 0.3) is 0 Å². The maximum Gasteiger partial charge on any atom is 0.216 e. The zero-order valence-corrected chi connectivity index (χ0v) is 20.3. The first kappa shape index (κ1) is 23.2. The lowest BCUT2D eigenvalue weighted by Crippen LogP contribution is -2.44. The van der Waals surface area contributed by atoms with Crippen molar-refractivity contribution in [1.82, 2.24) is 20.5 Å². The summed E-state index contributed by atoms with van der Waals surface area (Å²) in [4.78, 5) is 13.0. The van der Waals surface area contributed by atoms with Crippen molar-refractivity contribution >= 4 is 41.3 Å². The molecule has 0 bridgehead atoms. The Labute approximate surface area is 189 Å². The number of nitrogens with zero attached hydrogens (tertiary/aromatic N) is 3. The minimum atomic E-state index is 0. The zero-order chi connectivity index (χ0) is 19.2. The number of hydrogen-bond acceptors (Lipinski definition) is 5. The molecule has 2 unspecified atom stereocenters. The molecule has 0 aliphatic carbocycles. The Bertz CT molecular complexity index is 726. The summed E-state index contributed by atoms with van der Waals surface area (Å²) in [6.45, 7) is 9.32. The molecule has 2 atom stereocenters. The Kier molecular flexibility index (Phi) is 9.23. The van der Waals surface area contributed by atoms with E-state index in [2.05, 4.69) is 57.0 Å². The highest BCUT2D eigenvalue weighted by Crippen LogP contribution is 2.36. The number of halogens is 1. The largest absolute Gasteiger partial charge is 0.444 e. The lowest BCUT2D eigenvalue weighted by Gasteiger charge is -2.39. The van der Waals surface area contributed by atoms with Gasteiger partial charge in [-0.25, -0.2) is 9.98 Å². The number of nitrogens with one attached hydrogen (secondary N) is 2. The van der Waals surface area contributed by atoms with Crippen molar-refractivity contribution in [3.05, 3.63) is 39.7 Å². The number of hydrogen-bond donors (Lipinski definition) is 2. The molecule has 3 rings (SSSR count). The Balaban J connectivity index is 0.00000280. The number of oxazole rings is 1. The minimum Gasteiger partial charge on any atom is -0.444 e. The molecule has 1 aliphatic rings. The summed E-state index contributed by atoms with van der Waals surface area (Å²) in [5.74, 6) is 2.92. The SMILES string of the molecule is CCNC(=NCc1nc(C)c(C)o1)NCC1CCCN(C)C1c1cccs1.I. The van der Waals surface area contributed by atoms with Crippen molar-refractivity contribution in [2.45, 2.75) is 46.2 Å². The van der Waals surface area contributed by atoms with E-state index in [-0.39, 0.29) is 24.0 Å². The molecule has 0 amide bonds. The summed E-state index contributed by atoms with van der Waals surface area (Å²) in [6, 6.07) is 4.89. The highest BCUT2D eigenvalue weighted by Gasteiger charge is 2.31. The first-order chi connectivity index (χ1) is 13.1. The van der Waals surface area contributed by atoms with Crippen molar-refractivity contribution in [3.8, 4) is 0 Å². The quantitative estimate of drug-likeness (QED) is 0.343. The van der Waals surface area contributed by atoms with Crippen molar-refractivity contribution in [1.29, 1.82) is 0 Å². The lowest BCUT2D eigenvalue weighted by atomic mass is 9.88. The molecular formula is C20H32IN5OS. The van der Waals surface area contributed by atoms with E-state index >= 15 is 0 Å². The van der Waals surface area contributed by atoms with Gasteiger partial charge in [-0.3, -0.25) is 4.90 Å². The van der Waals surface area contributed by atoms with E-state index in [1.165, 1.54) is 17.7 Å². The van der Waals surface area contributed by atoms with E-state index in [9.17, 15) is 0 Å². The number of aryl methyl sites for hydroxylation is 2. The van der Waals surface area contributed by atoms with E-state index in [0.717, 1.165) is 37.0 Å². The van der Waals surface area contributed by atoms with Crippen LogP contribution in [0.5, 0.6) is 0 Å². The molecule has 0 saturated carbocycles. The Morgan fingerprint density at radius 1 is 1.39 bits per heavy atom. The van der Waals surface area contributed by atoms with Gasteiger partial charge in [0.2, 0.25) is 5.89 Å². The standard InChI is InChI=1S/C20H31N5OS.HI/c1-5-21-20(23-13-18-24-14(2)15(3)26-18)22-12-16-8-6-10-25(4)19(16)17-9-7-11-27-17;/h7,9,11,16,19H,5-6,8,10,12-13H2,1-4H3,(H2,21,22,23);1H. The smallest absolute Gasteiger partial charge is 0.216 e. The molecule has 156 valence electrons. The molecular weight excluding hydrogens is 485 g/mol. The maximum absolute atomic E-state index is 5.64. The van der Waals surface area contributed by atoms with Gasteiger partial charge in [0.1, 0.15) is 12.3 Å². The highest BCUT2D eigenvalue weighted by molar-refractivity contribution is 14.0. The number of piperidine rings is 1. The molecule has 2 aromatic rings. The normalized spacial score (nSPS) is 20.6. The number of rotatable bonds is 6. The number of aliphatic imine (C=N–C) groups is 1. The molecule has 2 aromatic heterocycles. The monoisotopic (exact) mass is 517 g/mol. The van der Waals surface area contributed by atoms with Crippen LogP contribution in [0.3, 0.4) is 0 Å². The fourth-order valence-corrected chi connectivity index (χ4v) is 4.69. The third kappa shape index (κ3) is 5.93. The van der Waals surface area contributed by atoms with Gasteiger partial charge in [0.25, 0.3) is 0 Å². The number of likely N-dealkylation sites (tertiary alicyclic amines) is 1. The minimum absolute atomic E-state index is 0. The highest BCUT2D eigenvalue weighted by atomic mass is 127. The molecule has 1 aliphatic heterocycles. The van der Waals surface area contributed by atoms with Crippen LogP contribution in [0, 0.1) is 19.8 Å². The molecule has 8 heteroatoms. The molecule has 0 aromatic carbocycles. The van der Waals surface area contributed by atoms with Crippen LogP contribution in [0.2, 0.25) is 0 Å². The molecule has 1 fully saturated rings. The predicted molar refractivity (Wildman–Crippen MR) is 127 cm³/mol. The molecule has 3 heterocycles. The van der Waals surface area contributed by atoms with E-state index in [1.54, 1.807) is 0 Å². The van der Waals surface area contributed by atoms with Crippen molar-refractivity contribution < 1.29 is 4.42 Å². The van der Waals surface area contributed by atoms with E-state index in [4.69, 9.17) is 4.42 Å². The first-order valence-corrected chi connectivity index (χ1v) is 10.6. The topological polar surface area (TPSA) is 65.7 Å². The van der Waals surface area contributed by atoms with E-state index in [1.807, 2.05) is 25.2 Å². The van der Waals surface area contributed by atoms with Crippen molar-refractivity contribution in [2.75, 3.05) is 26.7 Å². The van der Waals surface area contributed by atoms with Gasteiger partial charge in [-0.1, -0.05) is 6.07 Å².